The lowest BCUT2D eigenvalue weighted by Gasteiger charge is -2.15. The number of hydrazone groups is 1. The van der Waals surface area contributed by atoms with Crippen molar-refractivity contribution in [2.75, 3.05) is 7.11 Å². The van der Waals surface area contributed by atoms with Crippen molar-refractivity contribution in [3.05, 3.63) is 127 Å². The molecular weight excluding hydrogens is 690 g/mol. The first-order valence-corrected chi connectivity index (χ1v) is 15.4. The molecule has 0 bridgehead atoms. The van der Waals surface area contributed by atoms with E-state index in [2.05, 4.69) is 79.0 Å². The van der Waals surface area contributed by atoms with E-state index in [0.29, 0.717) is 44.1 Å². The van der Waals surface area contributed by atoms with Crippen LogP contribution >= 0.6 is 31.9 Å². The van der Waals surface area contributed by atoms with Gasteiger partial charge in [-0.15, -0.1) is 0 Å². The zero-order valence-corrected chi connectivity index (χ0v) is 27.9. The summed E-state index contributed by atoms with van der Waals surface area (Å²) in [5.74, 6) is 1.90. The number of halogens is 2. The Labute approximate surface area is 272 Å². The first kappa shape index (κ1) is 31.2. The van der Waals surface area contributed by atoms with E-state index in [4.69, 9.17) is 18.6 Å². The Bertz CT molecular complexity index is 1790. The van der Waals surface area contributed by atoms with Gasteiger partial charge in [0.05, 0.1) is 17.8 Å². The molecule has 1 N–H and O–H groups in total. The summed E-state index contributed by atoms with van der Waals surface area (Å²) in [6.07, 6.45) is 1.51. The fourth-order valence-electron chi connectivity index (χ4n) is 4.66. The summed E-state index contributed by atoms with van der Waals surface area (Å²) in [4.78, 5) is 12.7. The van der Waals surface area contributed by atoms with Crippen molar-refractivity contribution in [3.8, 4) is 22.9 Å². The Morgan fingerprint density at radius 3 is 2.36 bits per heavy atom. The third kappa shape index (κ3) is 7.26. The van der Waals surface area contributed by atoms with Crippen LogP contribution in [0.25, 0.3) is 5.69 Å². The average molecular weight is 721 g/mol. The number of hydrogen-bond donors (Lipinski definition) is 1. The molecule has 8 nitrogen and oxygen atoms in total. The maximum Gasteiger partial charge on any atom is 0.307 e. The fourth-order valence-corrected chi connectivity index (χ4v) is 5.59. The number of carbonyl (C=O) groups is 1. The Morgan fingerprint density at radius 2 is 1.66 bits per heavy atom. The Kier molecular flexibility index (Phi) is 9.92. The van der Waals surface area contributed by atoms with Crippen LogP contribution in [0, 0.1) is 20.8 Å². The molecule has 1 amide bonds. The molecule has 0 unspecified atom stereocenters. The van der Waals surface area contributed by atoms with Gasteiger partial charge in [-0.2, -0.15) is 5.10 Å². The number of nitrogens with zero attached hydrogens (tertiary/aromatic N) is 2. The van der Waals surface area contributed by atoms with Crippen LogP contribution < -0.4 is 19.6 Å². The van der Waals surface area contributed by atoms with Crippen LogP contribution in [0.5, 0.6) is 17.2 Å². The number of ether oxygens (including phenoxy) is 3. The summed E-state index contributed by atoms with van der Waals surface area (Å²) in [6.45, 7) is 6.74. The van der Waals surface area contributed by atoms with Gasteiger partial charge >= 0.3 is 5.91 Å². The summed E-state index contributed by atoms with van der Waals surface area (Å²) < 4.78 is 26.7. The van der Waals surface area contributed by atoms with E-state index in [1.807, 2.05) is 49.4 Å². The molecule has 0 atom stereocenters. The SMILES string of the molecule is COc1cc(/C=N/NC(=O)c2ccc(COc3ccc(-n4c(C)ccc4C)cc3)o2)c(Br)c(Br)c1OCc1cccc(C)c1. The highest BCUT2D eigenvalue weighted by molar-refractivity contribution is 9.13. The molecule has 3 aromatic carbocycles. The Morgan fingerprint density at radius 1 is 0.909 bits per heavy atom. The lowest BCUT2D eigenvalue weighted by molar-refractivity contribution is 0.0923. The number of carbonyl (C=O) groups excluding carboxylic acids is 1. The molecule has 10 heteroatoms. The minimum atomic E-state index is -0.491. The van der Waals surface area contributed by atoms with Crippen LogP contribution in [-0.2, 0) is 13.2 Å². The molecule has 0 radical (unpaired) electrons. The second kappa shape index (κ2) is 14.0. The molecule has 0 aliphatic heterocycles. The molecule has 0 aliphatic rings. The predicted molar refractivity (Wildman–Crippen MR) is 177 cm³/mol. The summed E-state index contributed by atoms with van der Waals surface area (Å²) in [5, 5.41) is 4.11. The van der Waals surface area contributed by atoms with Gasteiger partial charge in [-0.05, 0) is 113 Å². The lowest BCUT2D eigenvalue weighted by atomic mass is 10.1. The molecule has 2 heterocycles. The van der Waals surface area contributed by atoms with Crippen molar-refractivity contribution >= 4 is 44.0 Å². The summed E-state index contributed by atoms with van der Waals surface area (Å²) >= 11 is 7.18. The zero-order chi connectivity index (χ0) is 31.2. The van der Waals surface area contributed by atoms with E-state index in [1.54, 1.807) is 25.3 Å². The molecule has 44 heavy (non-hydrogen) atoms. The number of nitrogens with one attached hydrogen (secondary N) is 1. The molecule has 0 fully saturated rings. The zero-order valence-electron chi connectivity index (χ0n) is 24.7. The van der Waals surface area contributed by atoms with Crippen LogP contribution in [0.3, 0.4) is 0 Å². The van der Waals surface area contributed by atoms with Crippen molar-refractivity contribution in [2.24, 2.45) is 5.10 Å². The third-order valence-corrected chi connectivity index (χ3v) is 8.99. The van der Waals surface area contributed by atoms with Gasteiger partial charge in [0, 0.05) is 27.1 Å². The molecule has 0 spiro atoms. The fraction of sp³-hybridized carbons (Fsp3) is 0.176. The van der Waals surface area contributed by atoms with Crippen LogP contribution in [0.15, 0.2) is 97.3 Å². The molecule has 5 rings (SSSR count). The molecular formula is C34H31Br2N3O5. The topological polar surface area (TPSA) is 87.2 Å². The normalized spacial score (nSPS) is 11.1. The number of rotatable bonds is 11. The van der Waals surface area contributed by atoms with Gasteiger partial charge in [0.25, 0.3) is 0 Å². The van der Waals surface area contributed by atoms with Gasteiger partial charge in [-0.3, -0.25) is 4.79 Å². The lowest BCUT2D eigenvalue weighted by Crippen LogP contribution is -2.16. The van der Waals surface area contributed by atoms with Gasteiger partial charge in [0.15, 0.2) is 17.3 Å². The highest BCUT2D eigenvalue weighted by Crippen LogP contribution is 2.42. The molecule has 0 saturated heterocycles. The van der Waals surface area contributed by atoms with Crippen molar-refractivity contribution < 1.29 is 23.4 Å². The van der Waals surface area contributed by atoms with Crippen molar-refractivity contribution in [1.29, 1.82) is 0 Å². The van der Waals surface area contributed by atoms with Crippen LogP contribution in [0.1, 0.15) is 44.4 Å². The summed E-state index contributed by atoms with van der Waals surface area (Å²) in [5.41, 5.74) is 8.76. The van der Waals surface area contributed by atoms with Crippen LogP contribution in [-0.4, -0.2) is 23.8 Å². The maximum atomic E-state index is 12.7. The highest BCUT2D eigenvalue weighted by atomic mass is 79.9. The van der Waals surface area contributed by atoms with E-state index in [1.165, 1.54) is 17.6 Å². The second-order valence-electron chi connectivity index (χ2n) is 10.1. The van der Waals surface area contributed by atoms with E-state index >= 15 is 0 Å². The van der Waals surface area contributed by atoms with Crippen molar-refractivity contribution in [2.45, 2.75) is 34.0 Å². The van der Waals surface area contributed by atoms with E-state index < -0.39 is 5.91 Å². The van der Waals surface area contributed by atoms with Gasteiger partial charge in [-0.25, -0.2) is 5.43 Å². The first-order chi connectivity index (χ1) is 21.2. The standard InChI is InChI=1S/C34H31Br2N3O5/c1-21-6-5-7-24(16-21)19-43-33-30(41-4)17-25(31(35)32(33)36)18-37-38-34(40)29-15-14-28(44-29)20-42-27-12-10-26(11-13-27)39-22(2)8-9-23(39)3/h5-18H,19-20H2,1-4H3,(H,38,40)/b37-18+. The van der Waals surface area contributed by atoms with Gasteiger partial charge < -0.3 is 23.2 Å². The minimum Gasteiger partial charge on any atom is -0.493 e. The highest BCUT2D eigenvalue weighted by Gasteiger charge is 2.17. The van der Waals surface area contributed by atoms with Gasteiger partial charge in [-0.1, -0.05) is 29.8 Å². The number of aromatic nitrogens is 1. The van der Waals surface area contributed by atoms with Crippen molar-refractivity contribution in [3.63, 3.8) is 0 Å². The van der Waals surface area contributed by atoms with E-state index in [0.717, 1.165) is 16.8 Å². The van der Waals surface area contributed by atoms with Gasteiger partial charge in [0.1, 0.15) is 24.7 Å². The average Bonchev–Trinajstić information content (AvgIpc) is 3.63. The van der Waals surface area contributed by atoms with E-state index in [-0.39, 0.29) is 12.4 Å². The Balaban J connectivity index is 1.17. The summed E-state index contributed by atoms with van der Waals surface area (Å²) in [6, 6.07) is 25.2. The van der Waals surface area contributed by atoms with E-state index in [9.17, 15) is 4.79 Å². The van der Waals surface area contributed by atoms with Gasteiger partial charge in [0.2, 0.25) is 0 Å². The maximum absolute atomic E-state index is 12.7. The number of hydrogen-bond acceptors (Lipinski definition) is 6. The number of methoxy groups -OCH3 is 1. The largest absolute Gasteiger partial charge is 0.493 e. The minimum absolute atomic E-state index is 0.118. The predicted octanol–water partition coefficient (Wildman–Crippen LogP) is 8.45. The number of aryl methyl sites for hydroxylation is 3. The number of amides is 1. The second-order valence-corrected chi connectivity index (χ2v) is 11.7. The monoisotopic (exact) mass is 719 g/mol. The number of furan rings is 1. The smallest absolute Gasteiger partial charge is 0.307 e. The third-order valence-electron chi connectivity index (χ3n) is 6.84. The van der Waals surface area contributed by atoms with Crippen molar-refractivity contribution in [1.82, 2.24) is 9.99 Å². The number of benzene rings is 3. The van der Waals surface area contributed by atoms with Crippen LogP contribution in [0.2, 0.25) is 0 Å². The molecule has 0 saturated carbocycles. The first-order valence-electron chi connectivity index (χ1n) is 13.8. The quantitative estimate of drug-likeness (QED) is 0.109. The molecule has 0 aliphatic carbocycles. The summed E-state index contributed by atoms with van der Waals surface area (Å²) in [7, 11) is 1.57. The molecule has 5 aromatic rings. The van der Waals surface area contributed by atoms with Crippen LogP contribution in [0.4, 0.5) is 0 Å². The molecule has 226 valence electrons. The molecule has 2 aromatic heterocycles. The Hall–Kier alpha value is -4.28.